The van der Waals surface area contributed by atoms with Gasteiger partial charge in [0.15, 0.2) is 0 Å². The Balaban J connectivity index is 1.63. The lowest BCUT2D eigenvalue weighted by Gasteiger charge is -2.33. The number of quaternary nitrogens is 1. The number of nitrogens with zero attached hydrogens (tertiary/aromatic N) is 2. The first kappa shape index (κ1) is 15.5. The second-order valence-corrected chi connectivity index (χ2v) is 7.91. The minimum absolute atomic E-state index is 0.202. The highest BCUT2D eigenvalue weighted by Crippen LogP contribution is 2.27. The number of nitrogens with one attached hydrogen (secondary N) is 1. The Morgan fingerprint density at radius 1 is 1.23 bits per heavy atom. The molecule has 7 heteroatoms. The van der Waals surface area contributed by atoms with Gasteiger partial charge in [-0.15, -0.1) is 11.3 Å². The first-order chi connectivity index (χ1) is 10.6. The van der Waals surface area contributed by atoms with Crippen LogP contribution < -0.4 is 9.80 Å². The summed E-state index contributed by atoms with van der Waals surface area (Å²) in [6.45, 7) is 4.74. The fourth-order valence-electron chi connectivity index (χ4n) is 2.82. The number of thiophene rings is 1. The Hall–Kier alpha value is -1.44. The van der Waals surface area contributed by atoms with E-state index in [-0.39, 0.29) is 10.6 Å². The monoisotopic (exact) mass is 382 g/mol. The number of para-hydroxylation sites is 2. The van der Waals surface area contributed by atoms with Gasteiger partial charge in [-0.25, -0.2) is 0 Å². The molecule has 116 valence electrons. The van der Waals surface area contributed by atoms with Gasteiger partial charge in [0.05, 0.1) is 39.8 Å². The van der Waals surface area contributed by atoms with Crippen molar-refractivity contribution in [1.82, 2.24) is 0 Å². The SMILES string of the molecule is O=[N+]([O-])c1ccccc1N1CC[NH+](Cc2ccc(Br)s2)CC1. The molecule has 1 fully saturated rings. The third-order valence-electron chi connectivity index (χ3n) is 3.94. The highest BCUT2D eigenvalue weighted by atomic mass is 79.9. The summed E-state index contributed by atoms with van der Waals surface area (Å²) >= 11 is 5.27. The number of piperazine rings is 1. The van der Waals surface area contributed by atoms with Crippen LogP contribution in [0.5, 0.6) is 0 Å². The van der Waals surface area contributed by atoms with Crippen LogP contribution in [0.25, 0.3) is 0 Å². The van der Waals surface area contributed by atoms with Crippen molar-refractivity contribution in [2.45, 2.75) is 6.54 Å². The lowest BCUT2D eigenvalue weighted by Crippen LogP contribution is -3.13. The molecule has 0 spiro atoms. The molecule has 0 aliphatic carbocycles. The summed E-state index contributed by atoms with van der Waals surface area (Å²) in [4.78, 5) is 15.9. The standard InChI is InChI=1S/C15H16BrN3O2S/c16-15-6-5-12(22-15)11-17-7-9-18(10-8-17)13-3-1-2-4-14(13)19(20)21/h1-6H,7-11H2/p+1. The molecule has 3 rings (SSSR count). The highest BCUT2D eigenvalue weighted by molar-refractivity contribution is 9.11. The number of halogens is 1. The maximum Gasteiger partial charge on any atom is 0.292 e. The summed E-state index contributed by atoms with van der Waals surface area (Å²) in [6.07, 6.45) is 0. The van der Waals surface area contributed by atoms with E-state index in [9.17, 15) is 10.1 Å². The largest absolute Gasteiger partial charge is 0.355 e. The molecule has 1 aromatic carbocycles. The summed E-state index contributed by atoms with van der Waals surface area (Å²) in [5, 5.41) is 11.1. The van der Waals surface area contributed by atoms with Crippen LogP contribution in [0.3, 0.4) is 0 Å². The number of rotatable bonds is 4. The van der Waals surface area contributed by atoms with Crippen LogP contribution in [0.4, 0.5) is 11.4 Å². The van der Waals surface area contributed by atoms with Crippen LogP contribution in [-0.4, -0.2) is 31.1 Å². The molecule has 2 heterocycles. The summed E-state index contributed by atoms with van der Waals surface area (Å²) in [5.41, 5.74) is 0.943. The van der Waals surface area contributed by atoms with Gasteiger partial charge in [-0.1, -0.05) is 12.1 Å². The average molecular weight is 383 g/mol. The van der Waals surface area contributed by atoms with Gasteiger partial charge in [0.25, 0.3) is 5.69 Å². The fourth-order valence-corrected chi connectivity index (χ4v) is 4.37. The second-order valence-electron chi connectivity index (χ2n) is 5.37. The number of hydrogen-bond donors (Lipinski definition) is 1. The van der Waals surface area contributed by atoms with Crippen LogP contribution in [0.2, 0.25) is 0 Å². The van der Waals surface area contributed by atoms with E-state index in [1.54, 1.807) is 23.5 Å². The smallest absolute Gasteiger partial charge is 0.292 e. The minimum Gasteiger partial charge on any atom is -0.355 e. The van der Waals surface area contributed by atoms with Crippen molar-refractivity contribution in [2.24, 2.45) is 0 Å². The molecule has 1 saturated heterocycles. The molecule has 1 aliphatic heterocycles. The molecule has 0 amide bonds. The second kappa shape index (κ2) is 6.76. The Labute approximate surface area is 141 Å². The van der Waals surface area contributed by atoms with Gasteiger partial charge in [-0.2, -0.15) is 0 Å². The molecule has 0 saturated carbocycles. The van der Waals surface area contributed by atoms with Crippen LogP contribution in [-0.2, 0) is 6.54 Å². The Kier molecular flexibility index (Phi) is 4.75. The van der Waals surface area contributed by atoms with Gasteiger partial charge in [-0.05, 0) is 34.1 Å². The lowest BCUT2D eigenvalue weighted by molar-refractivity contribution is -0.914. The lowest BCUT2D eigenvalue weighted by atomic mass is 10.2. The molecule has 0 bridgehead atoms. The summed E-state index contributed by atoms with van der Waals surface area (Å²) in [7, 11) is 0. The van der Waals surface area contributed by atoms with E-state index in [1.165, 1.54) is 13.6 Å². The molecule has 22 heavy (non-hydrogen) atoms. The normalized spacial score (nSPS) is 16.0. The zero-order valence-electron chi connectivity index (χ0n) is 12.0. The van der Waals surface area contributed by atoms with E-state index >= 15 is 0 Å². The number of benzene rings is 1. The number of anilines is 1. The summed E-state index contributed by atoms with van der Waals surface area (Å²) in [5.74, 6) is 0. The van der Waals surface area contributed by atoms with Crippen LogP contribution in [0.1, 0.15) is 4.88 Å². The van der Waals surface area contributed by atoms with E-state index in [4.69, 9.17) is 0 Å². The molecular weight excluding hydrogens is 366 g/mol. The third kappa shape index (κ3) is 3.48. The molecule has 2 aromatic rings. The first-order valence-corrected chi connectivity index (χ1v) is 8.80. The average Bonchev–Trinajstić information content (AvgIpc) is 2.93. The fraction of sp³-hybridized carbons (Fsp3) is 0.333. The van der Waals surface area contributed by atoms with E-state index in [0.717, 1.165) is 38.4 Å². The van der Waals surface area contributed by atoms with Crippen LogP contribution in [0.15, 0.2) is 40.2 Å². The maximum absolute atomic E-state index is 11.1. The molecule has 0 radical (unpaired) electrons. The van der Waals surface area contributed by atoms with E-state index < -0.39 is 0 Å². The van der Waals surface area contributed by atoms with Crippen molar-refractivity contribution in [3.05, 3.63) is 55.2 Å². The van der Waals surface area contributed by atoms with Crippen molar-refractivity contribution in [1.29, 1.82) is 0 Å². The van der Waals surface area contributed by atoms with Crippen LogP contribution >= 0.6 is 27.3 Å². The van der Waals surface area contributed by atoms with Gasteiger partial charge in [0, 0.05) is 6.07 Å². The molecule has 0 unspecified atom stereocenters. The van der Waals surface area contributed by atoms with Crippen molar-refractivity contribution in [2.75, 3.05) is 31.1 Å². The molecule has 5 nitrogen and oxygen atoms in total. The van der Waals surface area contributed by atoms with Gasteiger partial charge in [-0.3, -0.25) is 10.1 Å². The maximum atomic E-state index is 11.1. The van der Waals surface area contributed by atoms with Gasteiger partial charge >= 0.3 is 0 Å². The minimum atomic E-state index is -0.294. The summed E-state index contributed by atoms with van der Waals surface area (Å²) in [6, 6.07) is 11.3. The van der Waals surface area contributed by atoms with Gasteiger partial charge < -0.3 is 9.80 Å². The van der Waals surface area contributed by atoms with Crippen molar-refractivity contribution >= 4 is 38.6 Å². The third-order valence-corrected chi connectivity index (χ3v) is 5.57. The van der Waals surface area contributed by atoms with E-state index in [2.05, 4.69) is 33.0 Å². The number of hydrogen-bond acceptors (Lipinski definition) is 4. The molecule has 1 N–H and O–H groups in total. The zero-order valence-corrected chi connectivity index (χ0v) is 14.4. The van der Waals surface area contributed by atoms with Crippen molar-refractivity contribution < 1.29 is 9.82 Å². The molecular formula is C15H17BrN3O2S+. The molecule has 1 aromatic heterocycles. The molecule has 0 atom stereocenters. The Morgan fingerprint density at radius 3 is 2.59 bits per heavy atom. The number of nitro groups is 1. The predicted octanol–water partition coefficient (Wildman–Crippen LogP) is 2.32. The van der Waals surface area contributed by atoms with E-state index in [1.807, 2.05) is 12.1 Å². The Morgan fingerprint density at radius 2 is 1.95 bits per heavy atom. The van der Waals surface area contributed by atoms with Gasteiger partial charge in [0.2, 0.25) is 0 Å². The molecule has 1 aliphatic rings. The predicted molar refractivity (Wildman–Crippen MR) is 91.7 cm³/mol. The first-order valence-electron chi connectivity index (χ1n) is 7.19. The van der Waals surface area contributed by atoms with Gasteiger partial charge in [0.1, 0.15) is 12.2 Å². The highest BCUT2D eigenvalue weighted by Gasteiger charge is 2.25. The topological polar surface area (TPSA) is 50.8 Å². The Bertz CT molecular complexity index is 668. The van der Waals surface area contributed by atoms with Crippen molar-refractivity contribution in [3.63, 3.8) is 0 Å². The zero-order chi connectivity index (χ0) is 15.5. The van der Waals surface area contributed by atoms with Crippen molar-refractivity contribution in [3.8, 4) is 0 Å². The van der Waals surface area contributed by atoms with Crippen LogP contribution in [0, 0.1) is 10.1 Å². The summed E-state index contributed by atoms with van der Waals surface area (Å²) < 4.78 is 1.17. The number of nitro benzene ring substituents is 1. The van der Waals surface area contributed by atoms with E-state index in [0.29, 0.717) is 0 Å². The quantitative estimate of drug-likeness (QED) is 0.651.